The van der Waals surface area contributed by atoms with Crippen molar-refractivity contribution in [3.8, 4) is 23.5 Å². The molecule has 1 aromatic carbocycles. The summed E-state index contributed by atoms with van der Waals surface area (Å²) in [4.78, 5) is 0. The molecule has 0 bridgehead atoms. The molecule has 0 saturated heterocycles. The summed E-state index contributed by atoms with van der Waals surface area (Å²) < 4.78 is 18.5. The van der Waals surface area contributed by atoms with Crippen LogP contribution in [0, 0.1) is 28.5 Å². The van der Waals surface area contributed by atoms with Gasteiger partial charge in [0.15, 0.2) is 0 Å². The van der Waals surface area contributed by atoms with Crippen molar-refractivity contribution in [1.82, 2.24) is 0 Å². The number of hydrogen-bond acceptors (Lipinski definition) is 3. The van der Waals surface area contributed by atoms with Gasteiger partial charge in [0.25, 0.3) is 0 Å². The summed E-state index contributed by atoms with van der Waals surface area (Å²) in [7, 11) is 0. The molecule has 92 valence electrons. The normalized spacial score (nSPS) is 9.47. The number of nitriles is 2. The highest BCUT2D eigenvalue weighted by Gasteiger charge is 2.07. The van der Waals surface area contributed by atoms with Crippen LogP contribution in [-0.2, 0) is 0 Å². The molecular formula is C14H6ClFN2O. The quantitative estimate of drug-likeness (QED) is 0.771. The zero-order chi connectivity index (χ0) is 13.8. The molecular weight excluding hydrogens is 267 g/mol. The fourth-order valence-electron chi connectivity index (χ4n) is 1.47. The van der Waals surface area contributed by atoms with Gasteiger partial charge in [-0.1, -0.05) is 11.6 Å². The van der Waals surface area contributed by atoms with Crippen molar-refractivity contribution in [3.05, 3.63) is 52.5 Å². The molecule has 0 saturated carbocycles. The maximum Gasteiger partial charge on any atom is 0.141 e. The van der Waals surface area contributed by atoms with Gasteiger partial charge >= 0.3 is 0 Å². The van der Waals surface area contributed by atoms with E-state index in [2.05, 4.69) is 0 Å². The van der Waals surface area contributed by atoms with E-state index in [0.717, 1.165) is 0 Å². The van der Waals surface area contributed by atoms with Gasteiger partial charge in [0.05, 0.1) is 5.02 Å². The Morgan fingerprint density at radius 1 is 1.21 bits per heavy atom. The largest absolute Gasteiger partial charge is 0.457 e. The Balaban J connectivity index is 2.37. The average molecular weight is 273 g/mol. The van der Waals surface area contributed by atoms with Crippen LogP contribution in [0.3, 0.4) is 0 Å². The van der Waals surface area contributed by atoms with E-state index in [1.54, 1.807) is 24.3 Å². The van der Waals surface area contributed by atoms with Crippen LogP contribution in [0.5, 0.6) is 0 Å². The number of nitrogens with zero attached hydrogens (tertiary/aromatic N) is 2. The van der Waals surface area contributed by atoms with Crippen LogP contribution in [-0.4, -0.2) is 0 Å². The molecule has 2 rings (SSSR count). The summed E-state index contributed by atoms with van der Waals surface area (Å²) in [6, 6.07) is 11.0. The smallest absolute Gasteiger partial charge is 0.141 e. The molecule has 2 aromatic rings. The summed E-state index contributed by atoms with van der Waals surface area (Å²) in [5.41, 5.74) is 0.555. The molecule has 5 heteroatoms. The van der Waals surface area contributed by atoms with E-state index in [4.69, 9.17) is 26.5 Å². The van der Waals surface area contributed by atoms with Gasteiger partial charge in [-0.2, -0.15) is 10.5 Å². The molecule has 0 atom stereocenters. The predicted octanol–water partition coefficient (Wildman–Crippen LogP) is 4.17. The van der Waals surface area contributed by atoms with Gasteiger partial charge in [-0.15, -0.1) is 0 Å². The zero-order valence-corrected chi connectivity index (χ0v) is 10.3. The van der Waals surface area contributed by atoms with Gasteiger partial charge in [-0.25, -0.2) is 4.39 Å². The predicted molar refractivity (Wildman–Crippen MR) is 68.3 cm³/mol. The lowest BCUT2D eigenvalue weighted by Gasteiger charge is -1.98. The minimum Gasteiger partial charge on any atom is -0.457 e. The highest BCUT2D eigenvalue weighted by molar-refractivity contribution is 6.31. The number of rotatable bonds is 2. The van der Waals surface area contributed by atoms with Crippen LogP contribution in [0.15, 0.2) is 40.3 Å². The third-order valence-corrected chi connectivity index (χ3v) is 2.65. The molecule has 0 amide bonds. The average Bonchev–Trinajstić information content (AvgIpc) is 2.87. The van der Waals surface area contributed by atoms with Crippen molar-refractivity contribution in [2.45, 2.75) is 0 Å². The van der Waals surface area contributed by atoms with Gasteiger partial charge in [0.1, 0.15) is 35.0 Å². The standard InChI is InChI=1S/C14H6ClFN2O/c15-12-6-10(1-3-13(12)16)14-4-2-11(19-14)5-9(7-17)8-18/h1-6H. The van der Waals surface area contributed by atoms with E-state index in [1.807, 2.05) is 0 Å². The van der Waals surface area contributed by atoms with Gasteiger partial charge in [0, 0.05) is 11.6 Å². The molecule has 1 aromatic heterocycles. The summed E-state index contributed by atoms with van der Waals surface area (Å²) in [5, 5.41) is 17.3. The monoisotopic (exact) mass is 272 g/mol. The Kier molecular flexibility index (Phi) is 3.66. The van der Waals surface area contributed by atoms with E-state index in [1.165, 1.54) is 24.3 Å². The molecule has 0 spiro atoms. The second-order valence-electron chi connectivity index (χ2n) is 3.61. The molecule has 0 unspecified atom stereocenters. The van der Waals surface area contributed by atoms with Crippen molar-refractivity contribution < 1.29 is 8.81 Å². The van der Waals surface area contributed by atoms with Crippen molar-refractivity contribution in [2.24, 2.45) is 0 Å². The maximum atomic E-state index is 13.0. The lowest BCUT2D eigenvalue weighted by Crippen LogP contribution is -1.78. The first kappa shape index (κ1) is 12.9. The third-order valence-electron chi connectivity index (χ3n) is 2.36. The Labute approximate surface area is 113 Å². The first-order valence-corrected chi connectivity index (χ1v) is 5.59. The number of allylic oxidation sites excluding steroid dienone is 1. The summed E-state index contributed by atoms with van der Waals surface area (Å²) in [6.45, 7) is 0. The molecule has 0 radical (unpaired) electrons. The van der Waals surface area contributed by atoms with Crippen molar-refractivity contribution in [1.29, 1.82) is 10.5 Å². The fourth-order valence-corrected chi connectivity index (χ4v) is 1.65. The van der Waals surface area contributed by atoms with E-state index >= 15 is 0 Å². The number of hydrogen-bond donors (Lipinski definition) is 0. The van der Waals surface area contributed by atoms with Gasteiger partial charge in [-0.3, -0.25) is 0 Å². The Bertz CT molecular complexity index is 719. The lowest BCUT2D eigenvalue weighted by molar-refractivity contribution is 0.571. The highest BCUT2D eigenvalue weighted by Crippen LogP contribution is 2.27. The van der Waals surface area contributed by atoms with E-state index < -0.39 is 5.82 Å². The Morgan fingerprint density at radius 2 is 1.95 bits per heavy atom. The maximum absolute atomic E-state index is 13.0. The molecule has 0 aliphatic heterocycles. The van der Waals surface area contributed by atoms with Gasteiger partial charge in [0.2, 0.25) is 0 Å². The van der Waals surface area contributed by atoms with Crippen LogP contribution >= 0.6 is 11.6 Å². The van der Waals surface area contributed by atoms with Crippen LogP contribution in [0.25, 0.3) is 17.4 Å². The number of furan rings is 1. The second-order valence-corrected chi connectivity index (χ2v) is 4.02. The number of benzene rings is 1. The van der Waals surface area contributed by atoms with Crippen LogP contribution in [0.1, 0.15) is 5.76 Å². The lowest BCUT2D eigenvalue weighted by atomic mass is 10.2. The molecule has 0 N–H and O–H groups in total. The topological polar surface area (TPSA) is 60.7 Å². The fraction of sp³-hybridized carbons (Fsp3) is 0. The minimum atomic E-state index is -0.506. The summed E-state index contributed by atoms with van der Waals surface area (Å²) in [5.74, 6) is 0.338. The van der Waals surface area contributed by atoms with Crippen molar-refractivity contribution >= 4 is 17.7 Å². The van der Waals surface area contributed by atoms with Crippen molar-refractivity contribution in [3.63, 3.8) is 0 Å². The molecule has 1 heterocycles. The Hall–Kier alpha value is -2.56. The molecule has 0 aliphatic carbocycles. The van der Waals surface area contributed by atoms with Gasteiger partial charge in [-0.05, 0) is 30.3 Å². The number of halogens is 2. The molecule has 19 heavy (non-hydrogen) atoms. The van der Waals surface area contributed by atoms with E-state index in [-0.39, 0.29) is 10.6 Å². The van der Waals surface area contributed by atoms with Crippen molar-refractivity contribution in [2.75, 3.05) is 0 Å². The van der Waals surface area contributed by atoms with E-state index in [0.29, 0.717) is 17.1 Å². The first-order valence-electron chi connectivity index (χ1n) is 5.21. The van der Waals surface area contributed by atoms with Gasteiger partial charge < -0.3 is 4.42 Å². The molecule has 3 nitrogen and oxygen atoms in total. The highest BCUT2D eigenvalue weighted by atomic mass is 35.5. The summed E-state index contributed by atoms with van der Waals surface area (Å²) >= 11 is 5.69. The van der Waals surface area contributed by atoms with Crippen LogP contribution in [0.2, 0.25) is 5.02 Å². The van der Waals surface area contributed by atoms with Crippen LogP contribution < -0.4 is 0 Å². The van der Waals surface area contributed by atoms with Crippen LogP contribution in [0.4, 0.5) is 4.39 Å². The zero-order valence-electron chi connectivity index (χ0n) is 9.52. The Morgan fingerprint density at radius 3 is 2.58 bits per heavy atom. The minimum absolute atomic E-state index is 0.000677. The molecule has 0 aliphatic rings. The summed E-state index contributed by atoms with van der Waals surface area (Å²) in [6.07, 6.45) is 1.33. The first-order chi connectivity index (χ1) is 9.13. The van der Waals surface area contributed by atoms with E-state index in [9.17, 15) is 4.39 Å². The second kappa shape index (κ2) is 5.39. The molecule has 0 fully saturated rings. The SMILES string of the molecule is N#CC(C#N)=Cc1ccc(-c2ccc(F)c(Cl)c2)o1. The third kappa shape index (κ3) is 2.82.